The SMILES string of the molecule is Cc1c(C(=O)N(c2ccncc2)c2ccc(O)cc2)cc(-c2cc3c(cc2C(=O)N2Cc4ccccc4C[C@H]2CN2CCN(C)CC2)OCO3)n1C.Cl. The van der Waals surface area contributed by atoms with E-state index in [0.29, 0.717) is 51.8 Å². The molecule has 8 rings (SSSR count). The number of halogens is 1. The minimum absolute atomic E-state index is 0. The summed E-state index contributed by atoms with van der Waals surface area (Å²) in [6.45, 7) is 7.20. The maximum atomic E-state index is 15.0. The molecular weight excluding hydrogens is 692 g/mol. The number of amides is 2. The normalized spacial score (nSPS) is 16.9. The Morgan fingerprint density at radius 1 is 0.849 bits per heavy atom. The number of aromatic hydroxyl groups is 1. The van der Waals surface area contributed by atoms with Crippen molar-refractivity contribution in [3.8, 4) is 28.5 Å². The maximum Gasteiger partial charge on any atom is 0.264 e. The van der Waals surface area contributed by atoms with Crippen LogP contribution in [0.5, 0.6) is 17.2 Å². The molecule has 0 aliphatic carbocycles. The molecule has 0 unspecified atom stereocenters. The summed E-state index contributed by atoms with van der Waals surface area (Å²) in [7, 11) is 4.06. The third-order valence-corrected chi connectivity index (χ3v) is 10.7. The molecule has 1 saturated heterocycles. The van der Waals surface area contributed by atoms with Gasteiger partial charge in [0.25, 0.3) is 11.8 Å². The van der Waals surface area contributed by atoms with E-state index >= 15 is 4.79 Å². The number of aromatic nitrogens is 2. The first-order valence-corrected chi connectivity index (χ1v) is 17.7. The van der Waals surface area contributed by atoms with Crippen LogP contribution in [0.2, 0.25) is 0 Å². The number of carbonyl (C=O) groups excluding carboxylic acids is 2. The van der Waals surface area contributed by atoms with E-state index in [1.54, 1.807) is 59.8 Å². The van der Waals surface area contributed by atoms with Crippen molar-refractivity contribution in [2.24, 2.45) is 7.05 Å². The van der Waals surface area contributed by atoms with Crippen LogP contribution in [0.3, 0.4) is 0 Å². The fourth-order valence-corrected chi connectivity index (χ4v) is 7.58. The smallest absolute Gasteiger partial charge is 0.264 e. The van der Waals surface area contributed by atoms with Gasteiger partial charge >= 0.3 is 0 Å². The molecular formula is C41H43ClN6O5. The van der Waals surface area contributed by atoms with Gasteiger partial charge in [0, 0.05) is 87.4 Å². The molecule has 3 aromatic carbocycles. The van der Waals surface area contributed by atoms with Crippen molar-refractivity contribution < 1.29 is 24.2 Å². The van der Waals surface area contributed by atoms with Crippen molar-refractivity contribution in [1.29, 1.82) is 0 Å². The highest BCUT2D eigenvalue weighted by molar-refractivity contribution is 6.12. The second kappa shape index (κ2) is 14.9. The Hall–Kier alpha value is -5.36. The summed E-state index contributed by atoms with van der Waals surface area (Å²) < 4.78 is 13.6. The highest BCUT2D eigenvalue weighted by Crippen LogP contribution is 2.41. The molecule has 0 spiro atoms. The van der Waals surface area contributed by atoms with Gasteiger partial charge in [-0.1, -0.05) is 24.3 Å². The monoisotopic (exact) mass is 734 g/mol. The molecule has 0 bridgehead atoms. The zero-order valence-electron chi connectivity index (χ0n) is 30.1. The van der Waals surface area contributed by atoms with Gasteiger partial charge in [-0.05, 0) is 86.1 Å². The van der Waals surface area contributed by atoms with Crippen molar-refractivity contribution in [1.82, 2.24) is 24.3 Å². The van der Waals surface area contributed by atoms with Gasteiger partial charge in [0.05, 0.1) is 16.8 Å². The Morgan fingerprint density at radius 3 is 2.23 bits per heavy atom. The minimum atomic E-state index is -0.260. The third-order valence-electron chi connectivity index (χ3n) is 10.7. The molecule has 5 aromatic rings. The second-order valence-corrected chi connectivity index (χ2v) is 13.9. The van der Waals surface area contributed by atoms with Gasteiger partial charge in [0.15, 0.2) is 11.5 Å². The molecule has 1 atom stereocenters. The maximum absolute atomic E-state index is 15.0. The van der Waals surface area contributed by atoms with Crippen LogP contribution >= 0.6 is 12.4 Å². The summed E-state index contributed by atoms with van der Waals surface area (Å²) >= 11 is 0. The molecule has 3 aliphatic heterocycles. The fourth-order valence-electron chi connectivity index (χ4n) is 7.58. The predicted octanol–water partition coefficient (Wildman–Crippen LogP) is 6.04. The molecule has 274 valence electrons. The molecule has 11 nitrogen and oxygen atoms in total. The average molecular weight is 735 g/mol. The van der Waals surface area contributed by atoms with Crippen LogP contribution in [-0.2, 0) is 20.0 Å². The number of carbonyl (C=O) groups is 2. The quantitative estimate of drug-likeness (QED) is 0.216. The van der Waals surface area contributed by atoms with Gasteiger partial charge in [-0.15, -0.1) is 12.4 Å². The molecule has 1 fully saturated rings. The minimum Gasteiger partial charge on any atom is -0.508 e. The number of rotatable bonds is 7. The first-order chi connectivity index (χ1) is 25.2. The van der Waals surface area contributed by atoms with E-state index in [1.807, 2.05) is 41.6 Å². The lowest BCUT2D eigenvalue weighted by Gasteiger charge is -2.41. The topological polar surface area (TPSA) is 104 Å². The summed E-state index contributed by atoms with van der Waals surface area (Å²) in [6.07, 6.45) is 4.05. The number of anilines is 2. The second-order valence-electron chi connectivity index (χ2n) is 13.9. The van der Waals surface area contributed by atoms with E-state index in [0.717, 1.165) is 50.4 Å². The van der Waals surface area contributed by atoms with Crippen molar-refractivity contribution in [3.05, 3.63) is 119 Å². The van der Waals surface area contributed by atoms with Crippen LogP contribution in [0.1, 0.15) is 37.5 Å². The number of benzene rings is 3. The van der Waals surface area contributed by atoms with Gasteiger partial charge in [-0.2, -0.15) is 0 Å². The Bertz CT molecular complexity index is 2130. The lowest BCUT2D eigenvalue weighted by atomic mass is 9.92. The first-order valence-electron chi connectivity index (χ1n) is 17.7. The van der Waals surface area contributed by atoms with Gasteiger partial charge in [-0.3, -0.25) is 24.4 Å². The number of phenols is 1. The molecule has 12 heteroatoms. The average Bonchev–Trinajstić information content (AvgIpc) is 3.75. The van der Waals surface area contributed by atoms with Crippen LogP contribution in [-0.4, -0.2) is 93.8 Å². The van der Waals surface area contributed by atoms with Crippen molar-refractivity contribution in [3.63, 3.8) is 0 Å². The Kier molecular flexibility index (Phi) is 10.2. The molecule has 0 radical (unpaired) electrons. The Labute approximate surface area is 315 Å². The number of piperazine rings is 1. The lowest BCUT2D eigenvalue weighted by Crippen LogP contribution is -2.53. The van der Waals surface area contributed by atoms with Crippen LogP contribution in [0.25, 0.3) is 11.3 Å². The highest BCUT2D eigenvalue weighted by Gasteiger charge is 2.35. The van der Waals surface area contributed by atoms with Crippen LogP contribution in [0.4, 0.5) is 11.4 Å². The number of pyridine rings is 1. The van der Waals surface area contributed by atoms with Crippen LogP contribution in [0.15, 0.2) is 91.3 Å². The van der Waals surface area contributed by atoms with Crippen molar-refractivity contribution in [2.45, 2.75) is 25.9 Å². The molecule has 5 heterocycles. The van der Waals surface area contributed by atoms with Crippen LogP contribution < -0.4 is 14.4 Å². The molecule has 2 amide bonds. The molecule has 2 aromatic heterocycles. The zero-order valence-corrected chi connectivity index (χ0v) is 30.9. The molecule has 1 N–H and O–H groups in total. The van der Waals surface area contributed by atoms with Gasteiger partial charge in [0.1, 0.15) is 5.75 Å². The number of hydrogen-bond acceptors (Lipinski definition) is 8. The predicted molar refractivity (Wildman–Crippen MR) is 206 cm³/mol. The van der Waals surface area contributed by atoms with Crippen LogP contribution in [0, 0.1) is 6.92 Å². The number of hydrogen-bond donors (Lipinski definition) is 1. The summed E-state index contributed by atoms with van der Waals surface area (Å²) in [5.74, 6) is 0.838. The highest BCUT2D eigenvalue weighted by atomic mass is 35.5. The third kappa shape index (κ3) is 6.95. The number of phenolic OH excluding ortho intramolecular Hbond substituents is 1. The zero-order chi connectivity index (χ0) is 35.9. The van der Waals surface area contributed by atoms with Gasteiger partial charge in [0.2, 0.25) is 6.79 Å². The number of likely N-dealkylation sites (N-methyl/N-ethyl adjacent to an activating group) is 1. The van der Waals surface area contributed by atoms with E-state index in [-0.39, 0.29) is 42.8 Å². The summed E-state index contributed by atoms with van der Waals surface area (Å²) in [4.78, 5) is 42.2. The Morgan fingerprint density at radius 2 is 1.51 bits per heavy atom. The van der Waals surface area contributed by atoms with Gasteiger partial charge < -0.3 is 28.9 Å². The van der Waals surface area contributed by atoms with Crippen molar-refractivity contribution in [2.75, 3.05) is 51.5 Å². The lowest BCUT2D eigenvalue weighted by molar-refractivity contribution is 0.0536. The molecule has 3 aliphatic rings. The van der Waals surface area contributed by atoms with E-state index in [9.17, 15) is 9.90 Å². The number of nitrogens with zero attached hydrogens (tertiary/aromatic N) is 6. The van der Waals surface area contributed by atoms with Crippen molar-refractivity contribution >= 4 is 35.6 Å². The van der Waals surface area contributed by atoms with E-state index in [4.69, 9.17) is 9.47 Å². The molecule has 53 heavy (non-hydrogen) atoms. The summed E-state index contributed by atoms with van der Waals surface area (Å²) in [5.41, 5.74) is 6.72. The van der Waals surface area contributed by atoms with Gasteiger partial charge in [-0.25, -0.2) is 0 Å². The van der Waals surface area contributed by atoms with E-state index < -0.39 is 0 Å². The molecule has 0 saturated carbocycles. The number of fused-ring (bicyclic) bond motifs is 2. The fraction of sp³-hybridized carbons (Fsp3) is 0.293. The standard InChI is InChI=1S/C41H42N6O5.ClH/c1-27-34(41(50)47(31-12-14-42-15-13-31)30-8-10-33(48)11-9-30)21-37(44(27)3)35-22-38-39(52-26-51-38)23-36(35)40(49)46-24-29-7-5-4-6-28(29)20-32(46)25-45-18-16-43(2)17-19-45;/h4-15,21-23,32,48H,16-20,24-26H2,1-3H3;1H/t32-;/m0./s1. The Balaban J connectivity index is 0.00000435. The van der Waals surface area contributed by atoms with E-state index in [2.05, 4.69) is 40.0 Å². The van der Waals surface area contributed by atoms with E-state index in [1.165, 1.54) is 5.56 Å². The number of ether oxygens (including phenoxy) is 2. The summed E-state index contributed by atoms with van der Waals surface area (Å²) in [6, 6.07) is 24.0. The first kappa shape index (κ1) is 36.0. The summed E-state index contributed by atoms with van der Waals surface area (Å²) in [5, 5.41) is 9.99. The largest absolute Gasteiger partial charge is 0.508 e.